The Hall–Kier alpha value is -1.03. The molecule has 0 amide bonds. The van der Waals surface area contributed by atoms with E-state index in [1.165, 1.54) is 14.2 Å². The van der Waals surface area contributed by atoms with Crippen molar-refractivity contribution in [1.29, 1.82) is 0 Å². The molecule has 0 bridgehead atoms. The minimum Gasteiger partial charge on any atom is -0.377 e. The minimum absolute atomic E-state index is 0.128. The molecule has 0 N–H and O–H groups in total. The van der Waals surface area contributed by atoms with Gasteiger partial charge in [0.15, 0.2) is 23.3 Å². The maximum Gasteiger partial charge on any atom is 0.500 e. The summed E-state index contributed by atoms with van der Waals surface area (Å²) in [4.78, 5) is 0. The molecule has 0 aliphatic heterocycles. The second kappa shape index (κ2) is 7.49. The molecule has 9 heteroatoms. The molecule has 0 aliphatic carbocycles. The second-order valence-corrected chi connectivity index (χ2v) is 7.72. The topological polar surface area (TPSA) is 27.7 Å². The van der Waals surface area contributed by atoms with Crippen LogP contribution >= 0.6 is 0 Å². The van der Waals surface area contributed by atoms with Crippen LogP contribution in [0.1, 0.15) is 19.4 Å². The normalized spacial score (nSPS) is 12.3. The highest BCUT2D eigenvalue weighted by Gasteiger charge is 2.40. The van der Waals surface area contributed by atoms with E-state index in [1.54, 1.807) is 13.8 Å². The zero-order chi connectivity index (χ0) is 17.1. The standard InChI is InChI=1S/C13H17F5O3Si/c1-7(2)21-22(19-3,20-4)6-5-8-9(14)11(16)13(18)12(17)10(8)15/h7H,5-6H2,1-4H3. The Morgan fingerprint density at radius 3 is 1.59 bits per heavy atom. The van der Waals surface area contributed by atoms with Gasteiger partial charge >= 0.3 is 8.80 Å². The van der Waals surface area contributed by atoms with Gasteiger partial charge in [-0.25, -0.2) is 22.0 Å². The summed E-state index contributed by atoms with van der Waals surface area (Å²) < 4.78 is 82.4. The van der Waals surface area contributed by atoms with Crippen molar-refractivity contribution < 1.29 is 35.2 Å². The van der Waals surface area contributed by atoms with E-state index in [1.807, 2.05) is 0 Å². The summed E-state index contributed by atoms with van der Waals surface area (Å²) in [6.07, 6.45) is -0.755. The third-order valence-electron chi connectivity index (χ3n) is 3.02. The first-order chi connectivity index (χ1) is 10.2. The van der Waals surface area contributed by atoms with Gasteiger partial charge in [0, 0.05) is 31.9 Å². The van der Waals surface area contributed by atoms with E-state index in [4.69, 9.17) is 13.3 Å². The lowest BCUT2D eigenvalue weighted by atomic mass is 10.1. The van der Waals surface area contributed by atoms with Crippen LogP contribution in [0, 0.1) is 29.1 Å². The Morgan fingerprint density at radius 2 is 1.23 bits per heavy atom. The molecule has 0 fully saturated rings. The summed E-state index contributed by atoms with van der Waals surface area (Å²) in [5.41, 5.74) is -0.908. The first-order valence-corrected chi connectivity index (χ1v) is 8.40. The SMILES string of the molecule is CO[Si](CCc1c(F)c(F)c(F)c(F)c1F)(OC)OC(C)C. The van der Waals surface area contributed by atoms with E-state index >= 15 is 0 Å². The first kappa shape index (κ1) is 19.0. The molecule has 0 radical (unpaired) electrons. The fourth-order valence-electron chi connectivity index (χ4n) is 1.95. The molecule has 0 saturated heterocycles. The molecule has 0 unspecified atom stereocenters. The van der Waals surface area contributed by atoms with Crippen LogP contribution in [0.5, 0.6) is 0 Å². The summed E-state index contributed by atoms with van der Waals surface area (Å²) in [7, 11) is -0.651. The summed E-state index contributed by atoms with van der Waals surface area (Å²) in [6, 6.07) is -0.128. The van der Waals surface area contributed by atoms with Crippen LogP contribution in [-0.2, 0) is 19.7 Å². The van der Waals surface area contributed by atoms with Crippen LogP contribution in [-0.4, -0.2) is 29.1 Å². The van der Waals surface area contributed by atoms with Gasteiger partial charge in [-0.1, -0.05) is 0 Å². The van der Waals surface area contributed by atoms with E-state index in [-0.39, 0.29) is 12.1 Å². The molecule has 1 aromatic rings. The Kier molecular flexibility index (Phi) is 6.47. The second-order valence-electron chi connectivity index (χ2n) is 4.81. The maximum atomic E-state index is 13.6. The molecule has 0 aliphatic rings. The number of halogens is 5. The van der Waals surface area contributed by atoms with E-state index in [2.05, 4.69) is 0 Å². The first-order valence-electron chi connectivity index (χ1n) is 6.47. The zero-order valence-electron chi connectivity index (χ0n) is 12.6. The van der Waals surface area contributed by atoms with Crippen LogP contribution in [0.3, 0.4) is 0 Å². The molecule has 0 spiro atoms. The number of hydrogen-bond acceptors (Lipinski definition) is 3. The Morgan fingerprint density at radius 1 is 0.818 bits per heavy atom. The van der Waals surface area contributed by atoms with Crippen molar-refractivity contribution in [3.8, 4) is 0 Å². The summed E-state index contributed by atoms with van der Waals surface area (Å²) in [5, 5.41) is 0. The van der Waals surface area contributed by atoms with Crippen LogP contribution in [0.15, 0.2) is 0 Å². The van der Waals surface area contributed by atoms with Crippen molar-refractivity contribution in [2.24, 2.45) is 0 Å². The highest BCUT2D eigenvalue weighted by Crippen LogP contribution is 2.27. The molecular weight excluding hydrogens is 327 g/mol. The van der Waals surface area contributed by atoms with E-state index < -0.39 is 49.9 Å². The van der Waals surface area contributed by atoms with Gasteiger partial charge < -0.3 is 13.3 Å². The highest BCUT2D eigenvalue weighted by atomic mass is 28.4. The van der Waals surface area contributed by atoms with Gasteiger partial charge in [0.2, 0.25) is 5.82 Å². The molecule has 3 nitrogen and oxygen atoms in total. The number of rotatable bonds is 7. The predicted molar refractivity (Wildman–Crippen MR) is 70.7 cm³/mol. The third-order valence-corrected chi connectivity index (χ3v) is 5.96. The number of hydrogen-bond donors (Lipinski definition) is 0. The Balaban J connectivity index is 3.10. The fourth-order valence-corrected chi connectivity index (χ4v) is 4.11. The largest absolute Gasteiger partial charge is 0.500 e. The van der Waals surface area contributed by atoms with Crippen molar-refractivity contribution in [1.82, 2.24) is 0 Å². The third kappa shape index (κ3) is 3.83. The van der Waals surface area contributed by atoms with Crippen LogP contribution < -0.4 is 0 Å². The molecule has 22 heavy (non-hydrogen) atoms. The quantitative estimate of drug-likeness (QED) is 0.327. The summed E-state index contributed by atoms with van der Waals surface area (Å²) >= 11 is 0. The van der Waals surface area contributed by atoms with E-state index in [9.17, 15) is 22.0 Å². The van der Waals surface area contributed by atoms with Crippen molar-refractivity contribution in [3.63, 3.8) is 0 Å². The molecule has 0 heterocycles. The molecule has 1 rings (SSSR count). The van der Waals surface area contributed by atoms with Crippen molar-refractivity contribution >= 4 is 8.80 Å². The Labute approximate surface area is 126 Å². The van der Waals surface area contributed by atoms with Crippen LogP contribution in [0.2, 0.25) is 6.04 Å². The molecule has 0 atom stereocenters. The lowest BCUT2D eigenvalue weighted by Crippen LogP contribution is -2.46. The highest BCUT2D eigenvalue weighted by molar-refractivity contribution is 6.60. The summed E-state index contributed by atoms with van der Waals surface area (Å²) in [6.45, 7) is 3.41. The van der Waals surface area contributed by atoms with Gasteiger partial charge in [0.05, 0.1) is 0 Å². The summed E-state index contributed by atoms with van der Waals surface area (Å²) in [5.74, 6) is -9.83. The molecule has 0 aromatic heterocycles. The van der Waals surface area contributed by atoms with Crippen LogP contribution in [0.4, 0.5) is 22.0 Å². The van der Waals surface area contributed by atoms with E-state index in [0.29, 0.717) is 0 Å². The van der Waals surface area contributed by atoms with Gasteiger partial charge in [0.1, 0.15) is 0 Å². The van der Waals surface area contributed by atoms with Crippen molar-refractivity contribution in [3.05, 3.63) is 34.6 Å². The van der Waals surface area contributed by atoms with Gasteiger partial charge in [-0.2, -0.15) is 0 Å². The maximum absolute atomic E-state index is 13.6. The molecule has 0 saturated carbocycles. The lowest BCUT2D eigenvalue weighted by molar-refractivity contribution is 0.0699. The monoisotopic (exact) mass is 344 g/mol. The smallest absolute Gasteiger partial charge is 0.377 e. The van der Waals surface area contributed by atoms with Crippen LogP contribution in [0.25, 0.3) is 0 Å². The number of benzene rings is 1. The Bertz CT molecular complexity index is 506. The van der Waals surface area contributed by atoms with Crippen molar-refractivity contribution in [2.75, 3.05) is 14.2 Å². The minimum atomic E-state index is -3.26. The van der Waals surface area contributed by atoms with Gasteiger partial charge in [0.25, 0.3) is 0 Å². The predicted octanol–water partition coefficient (Wildman–Crippen LogP) is 3.58. The molecule has 1 aromatic carbocycles. The zero-order valence-corrected chi connectivity index (χ0v) is 13.6. The van der Waals surface area contributed by atoms with Crippen molar-refractivity contribution in [2.45, 2.75) is 32.4 Å². The lowest BCUT2D eigenvalue weighted by Gasteiger charge is -2.28. The average Bonchev–Trinajstić information content (AvgIpc) is 2.49. The molecular formula is C13H17F5O3Si. The van der Waals surface area contributed by atoms with Gasteiger partial charge in [-0.3, -0.25) is 0 Å². The molecule has 126 valence electrons. The fraction of sp³-hybridized carbons (Fsp3) is 0.538. The average molecular weight is 344 g/mol. The van der Waals surface area contributed by atoms with Gasteiger partial charge in [-0.15, -0.1) is 0 Å². The van der Waals surface area contributed by atoms with E-state index in [0.717, 1.165) is 0 Å². The van der Waals surface area contributed by atoms with Gasteiger partial charge in [-0.05, 0) is 20.3 Å².